The molecule has 16 heavy (non-hydrogen) atoms. The molecule has 3 fully saturated rings. The third kappa shape index (κ3) is 1.87. The lowest BCUT2D eigenvalue weighted by Gasteiger charge is -2.39. The molecule has 84 valence electrons. The second kappa shape index (κ2) is 3.98. The molecular weight excluding hydrogens is 198 g/mol. The van der Waals surface area contributed by atoms with E-state index in [2.05, 4.69) is 9.88 Å². The van der Waals surface area contributed by atoms with E-state index in [0.717, 1.165) is 18.1 Å². The summed E-state index contributed by atoms with van der Waals surface area (Å²) in [6.07, 6.45) is 2.56. The van der Waals surface area contributed by atoms with Crippen molar-refractivity contribution < 1.29 is 0 Å². The van der Waals surface area contributed by atoms with Gasteiger partial charge in [-0.05, 0) is 45.0 Å². The van der Waals surface area contributed by atoms with E-state index >= 15 is 0 Å². The highest BCUT2D eigenvalue weighted by Crippen LogP contribution is 2.26. The molecule has 0 amide bonds. The van der Waals surface area contributed by atoms with Crippen LogP contribution >= 0.6 is 0 Å². The molecule has 4 heterocycles. The summed E-state index contributed by atoms with van der Waals surface area (Å²) in [4.78, 5) is 11.7. The standard InChI is InChI=1S/C13H17N3/c1-10-3-2-4-13(14-10)15-12-9-16-7-5-11(12)6-8-16/h2-4,11H,5-9H2,1H3/b15-12+. The zero-order chi connectivity index (χ0) is 11.0. The normalized spacial score (nSPS) is 30.9. The number of aromatic nitrogens is 1. The van der Waals surface area contributed by atoms with Crippen molar-refractivity contribution in [3.8, 4) is 0 Å². The Morgan fingerprint density at radius 1 is 1.31 bits per heavy atom. The summed E-state index contributed by atoms with van der Waals surface area (Å²) in [6.45, 7) is 5.58. The van der Waals surface area contributed by atoms with Gasteiger partial charge in [0.1, 0.15) is 0 Å². The van der Waals surface area contributed by atoms with E-state index in [0.29, 0.717) is 5.92 Å². The Labute approximate surface area is 96.2 Å². The molecule has 0 atom stereocenters. The number of piperidine rings is 3. The van der Waals surface area contributed by atoms with Crippen molar-refractivity contribution in [1.29, 1.82) is 0 Å². The van der Waals surface area contributed by atoms with E-state index < -0.39 is 0 Å². The van der Waals surface area contributed by atoms with E-state index in [9.17, 15) is 0 Å². The van der Waals surface area contributed by atoms with Gasteiger partial charge in [-0.25, -0.2) is 9.98 Å². The van der Waals surface area contributed by atoms with Crippen LogP contribution in [-0.4, -0.2) is 35.2 Å². The number of nitrogens with zero attached hydrogens (tertiary/aromatic N) is 3. The number of hydrogen-bond donors (Lipinski definition) is 0. The smallest absolute Gasteiger partial charge is 0.152 e. The largest absolute Gasteiger partial charge is 0.298 e. The molecule has 1 aromatic rings. The summed E-state index contributed by atoms with van der Waals surface area (Å²) < 4.78 is 0. The van der Waals surface area contributed by atoms with Crippen molar-refractivity contribution in [2.24, 2.45) is 10.9 Å². The number of aryl methyl sites for hydroxylation is 1. The Hall–Kier alpha value is -1.22. The highest BCUT2D eigenvalue weighted by Gasteiger charge is 2.30. The van der Waals surface area contributed by atoms with Crippen LogP contribution in [0.3, 0.4) is 0 Å². The molecule has 3 heteroatoms. The Morgan fingerprint density at radius 2 is 2.12 bits per heavy atom. The lowest BCUT2D eigenvalue weighted by Crippen LogP contribution is -2.47. The van der Waals surface area contributed by atoms with Crippen LogP contribution in [0.25, 0.3) is 0 Å². The van der Waals surface area contributed by atoms with Crippen LogP contribution < -0.4 is 0 Å². The SMILES string of the molecule is Cc1cccc(/N=C2\CN3CCC2CC3)n1. The topological polar surface area (TPSA) is 28.5 Å². The van der Waals surface area contributed by atoms with Gasteiger partial charge >= 0.3 is 0 Å². The van der Waals surface area contributed by atoms with Gasteiger partial charge in [-0.1, -0.05) is 6.07 Å². The highest BCUT2D eigenvalue weighted by atomic mass is 15.2. The molecule has 0 N–H and O–H groups in total. The monoisotopic (exact) mass is 215 g/mol. The first-order chi connectivity index (χ1) is 7.81. The summed E-state index contributed by atoms with van der Waals surface area (Å²) in [5.41, 5.74) is 2.39. The van der Waals surface area contributed by atoms with Crippen LogP contribution in [0.4, 0.5) is 5.82 Å². The first-order valence-corrected chi connectivity index (χ1v) is 6.05. The van der Waals surface area contributed by atoms with E-state index in [1.807, 2.05) is 25.1 Å². The number of aliphatic imine (C=N–C) groups is 1. The maximum Gasteiger partial charge on any atom is 0.152 e. The number of pyridine rings is 1. The molecule has 0 saturated carbocycles. The fourth-order valence-corrected chi connectivity index (χ4v) is 2.65. The molecule has 0 unspecified atom stereocenters. The molecule has 0 aromatic carbocycles. The molecule has 0 spiro atoms. The van der Waals surface area contributed by atoms with Crippen LogP contribution in [0, 0.1) is 12.8 Å². The van der Waals surface area contributed by atoms with Crippen molar-refractivity contribution in [3.63, 3.8) is 0 Å². The average molecular weight is 215 g/mol. The Kier molecular flexibility index (Phi) is 2.48. The van der Waals surface area contributed by atoms with Crippen molar-refractivity contribution in [2.75, 3.05) is 19.6 Å². The van der Waals surface area contributed by atoms with Gasteiger partial charge in [0, 0.05) is 23.9 Å². The third-order valence-electron chi connectivity index (χ3n) is 3.58. The number of rotatable bonds is 1. The van der Waals surface area contributed by atoms with Gasteiger partial charge in [0.25, 0.3) is 0 Å². The minimum atomic E-state index is 0.715. The lowest BCUT2D eigenvalue weighted by molar-refractivity contribution is 0.200. The maximum absolute atomic E-state index is 4.73. The highest BCUT2D eigenvalue weighted by molar-refractivity contribution is 5.91. The molecule has 0 aliphatic carbocycles. The van der Waals surface area contributed by atoms with E-state index in [4.69, 9.17) is 4.99 Å². The second-order valence-corrected chi connectivity index (χ2v) is 4.79. The van der Waals surface area contributed by atoms with Crippen molar-refractivity contribution in [3.05, 3.63) is 23.9 Å². The Balaban J connectivity index is 1.87. The van der Waals surface area contributed by atoms with Crippen molar-refractivity contribution in [1.82, 2.24) is 9.88 Å². The van der Waals surface area contributed by atoms with Gasteiger partial charge in [0.15, 0.2) is 5.82 Å². The molecule has 1 aromatic heterocycles. The van der Waals surface area contributed by atoms with Gasteiger partial charge < -0.3 is 0 Å². The van der Waals surface area contributed by atoms with Crippen molar-refractivity contribution in [2.45, 2.75) is 19.8 Å². The van der Waals surface area contributed by atoms with Crippen LogP contribution in [0.2, 0.25) is 0 Å². The van der Waals surface area contributed by atoms with Gasteiger partial charge in [0.05, 0.1) is 0 Å². The summed E-state index contributed by atoms with van der Waals surface area (Å²) in [6, 6.07) is 6.04. The molecule has 2 bridgehead atoms. The van der Waals surface area contributed by atoms with Gasteiger partial charge in [-0.3, -0.25) is 4.90 Å². The fourth-order valence-electron chi connectivity index (χ4n) is 2.65. The van der Waals surface area contributed by atoms with Crippen molar-refractivity contribution >= 4 is 11.5 Å². The molecule has 3 saturated heterocycles. The molecule has 0 radical (unpaired) electrons. The summed E-state index contributed by atoms with van der Waals surface area (Å²) in [5.74, 6) is 1.59. The minimum absolute atomic E-state index is 0.715. The van der Waals surface area contributed by atoms with E-state index in [1.54, 1.807) is 0 Å². The van der Waals surface area contributed by atoms with Crippen LogP contribution in [0.15, 0.2) is 23.2 Å². The maximum atomic E-state index is 4.73. The number of hydrogen-bond acceptors (Lipinski definition) is 3. The lowest BCUT2D eigenvalue weighted by atomic mass is 9.86. The van der Waals surface area contributed by atoms with Crippen LogP contribution in [0.1, 0.15) is 18.5 Å². The number of fused-ring (bicyclic) bond motifs is 3. The van der Waals surface area contributed by atoms with Gasteiger partial charge in [-0.15, -0.1) is 0 Å². The second-order valence-electron chi connectivity index (χ2n) is 4.79. The van der Waals surface area contributed by atoms with Gasteiger partial charge in [-0.2, -0.15) is 0 Å². The predicted octanol–water partition coefficient (Wildman–Crippen LogP) is 2.19. The quantitative estimate of drug-likeness (QED) is 0.718. The molecule has 3 nitrogen and oxygen atoms in total. The third-order valence-corrected chi connectivity index (χ3v) is 3.58. The summed E-state index contributed by atoms with van der Waals surface area (Å²) >= 11 is 0. The predicted molar refractivity (Wildman–Crippen MR) is 65.2 cm³/mol. The zero-order valence-electron chi connectivity index (χ0n) is 9.69. The van der Waals surface area contributed by atoms with Crippen LogP contribution in [-0.2, 0) is 0 Å². The molecule has 4 rings (SSSR count). The average Bonchev–Trinajstić information content (AvgIpc) is 2.30. The van der Waals surface area contributed by atoms with E-state index in [1.165, 1.54) is 31.6 Å². The van der Waals surface area contributed by atoms with Crippen LogP contribution in [0.5, 0.6) is 0 Å². The summed E-state index contributed by atoms with van der Waals surface area (Å²) in [5, 5.41) is 0. The summed E-state index contributed by atoms with van der Waals surface area (Å²) in [7, 11) is 0. The Morgan fingerprint density at radius 3 is 2.75 bits per heavy atom. The minimum Gasteiger partial charge on any atom is -0.298 e. The zero-order valence-corrected chi connectivity index (χ0v) is 9.69. The molecular formula is C13H17N3. The molecule has 3 aliphatic rings. The fraction of sp³-hybridized carbons (Fsp3) is 0.538. The van der Waals surface area contributed by atoms with E-state index in [-0.39, 0.29) is 0 Å². The van der Waals surface area contributed by atoms with Gasteiger partial charge in [0.2, 0.25) is 0 Å². The first-order valence-electron chi connectivity index (χ1n) is 6.05. The Bertz CT molecular complexity index is 417. The molecule has 3 aliphatic heterocycles. The first kappa shape index (κ1) is 9.97.